The van der Waals surface area contributed by atoms with Crippen LogP contribution in [0.15, 0.2) is 0 Å². The van der Waals surface area contributed by atoms with E-state index in [0.717, 1.165) is 18.9 Å². The van der Waals surface area contributed by atoms with E-state index >= 15 is 0 Å². The Labute approximate surface area is 129 Å². The molecule has 1 fully saturated rings. The van der Waals surface area contributed by atoms with Gasteiger partial charge in [0.05, 0.1) is 6.10 Å². The molecular formula is C16H33N3O2. The Morgan fingerprint density at radius 1 is 1.24 bits per heavy atom. The van der Waals surface area contributed by atoms with Crippen molar-refractivity contribution in [2.45, 2.75) is 52.6 Å². The summed E-state index contributed by atoms with van der Waals surface area (Å²) in [6.45, 7) is 11.0. The highest BCUT2D eigenvalue weighted by Crippen LogP contribution is 2.15. The second-order valence-electron chi connectivity index (χ2n) is 6.66. The molecule has 1 rings (SSSR count). The largest absolute Gasteiger partial charge is 0.393 e. The van der Waals surface area contributed by atoms with Crippen molar-refractivity contribution in [3.8, 4) is 0 Å². The van der Waals surface area contributed by atoms with Crippen LogP contribution in [0.2, 0.25) is 0 Å². The van der Waals surface area contributed by atoms with Gasteiger partial charge in [-0.3, -0.25) is 0 Å². The summed E-state index contributed by atoms with van der Waals surface area (Å²) >= 11 is 0. The summed E-state index contributed by atoms with van der Waals surface area (Å²) < 4.78 is 0. The van der Waals surface area contributed by atoms with Crippen LogP contribution < -0.4 is 10.6 Å². The minimum Gasteiger partial charge on any atom is -0.393 e. The molecule has 1 atom stereocenters. The third-order valence-electron chi connectivity index (χ3n) is 4.31. The highest BCUT2D eigenvalue weighted by atomic mass is 16.3. The van der Waals surface area contributed by atoms with Crippen LogP contribution in [-0.2, 0) is 0 Å². The fourth-order valence-electron chi connectivity index (χ4n) is 2.52. The highest BCUT2D eigenvalue weighted by Gasteiger charge is 2.14. The van der Waals surface area contributed by atoms with E-state index in [0.29, 0.717) is 19.5 Å². The van der Waals surface area contributed by atoms with Crippen molar-refractivity contribution in [2.75, 3.05) is 32.7 Å². The molecule has 3 N–H and O–H groups in total. The van der Waals surface area contributed by atoms with E-state index in [-0.39, 0.29) is 18.1 Å². The molecule has 0 aliphatic carbocycles. The summed E-state index contributed by atoms with van der Waals surface area (Å²) in [5.41, 5.74) is 0. The van der Waals surface area contributed by atoms with Gasteiger partial charge < -0.3 is 20.6 Å². The molecule has 124 valence electrons. The molecule has 0 spiro atoms. The minimum atomic E-state index is -0.341. The zero-order valence-corrected chi connectivity index (χ0v) is 13.9. The normalized spacial score (nSPS) is 18.7. The zero-order valence-electron chi connectivity index (χ0n) is 13.9. The van der Waals surface area contributed by atoms with Crippen LogP contribution in [0.4, 0.5) is 4.79 Å². The number of rotatable bonds is 8. The van der Waals surface area contributed by atoms with Gasteiger partial charge in [0.2, 0.25) is 0 Å². The van der Waals surface area contributed by atoms with E-state index in [9.17, 15) is 9.90 Å². The van der Waals surface area contributed by atoms with E-state index in [1.165, 1.54) is 25.9 Å². The lowest BCUT2D eigenvalue weighted by Crippen LogP contribution is -2.39. The number of urea groups is 1. The third-order valence-corrected chi connectivity index (χ3v) is 4.31. The summed E-state index contributed by atoms with van der Waals surface area (Å²) in [7, 11) is 0. The van der Waals surface area contributed by atoms with E-state index < -0.39 is 0 Å². The molecule has 1 aliphatic rings. The molecule has 21 heavy (non-hydrogen) atoms. The van der Waals surface area contributed by atoms with Crippen molar-refractivity contribution < 1.29 is 9.90 Å². The van der Waals surface area contributed by atoms with E-state index in [1.807, 2.05) is 13.8 Å². The van der Waals surface area contributed by atoms with Gasteiger partial charge in [-0.05, 0) is 57.2 Å². The molecule has 0 radical (unpaired) electrons. The molecule has 1 heterocycles. The van der Waals surface area contributed by atoms with E-state index in [2.05, 4.69) is 22.5 Å². The Hall–Kier alpha value is -0.810. The van der Waals surface area contributed by atoms with Gasteiger partial charge in [-0.1, -0.05) is 20.8 Å². The Kier molecular flexibility index (Phi) is 8.69. The van der Waals surface area contributed by atoms with Gasteiger partial charge in [0.1, 0.15) is 0 Å². The van der Waals surface area contributed by atoms with Crippen LogP contribution in [0.5, 0.6) is 0 Å². The Morgan fingerprint density at radius 3 is 2.48 bits per heavy atom. The van der Waals surface area contributed by atoms with Gasteiger partial charge in [0, 0.05) is 13.1 Å². The molecule has 0 aromatic rings. The number of piperidine rings is 1. The van der Waals surface area contributed by atoms with Crippen LogP contribution in [-0.4, -0.2) is 54.9 Å². The van der Waals surface area contributed by atoms with Gasteiger partial charge in [-0.25, -0.2) is 4.79 Å². The first-order chi connectivity index (χ1) is 9.99. The predicted octanol–water partition coefficient (Wildman–Crippen LogP) is 1.81. The summed E-state index contributed by atoms with van der Waals surface area (Å²) in [6, 6.07) is -0.127. The number of nitrogens with one attached hydrogen (secondary N) is 2. The maximum atomic E-state index is 11.6. The maximum Gasteiger partial charge on any atom is 0.314 e. The quantitative estimate of drug-likeness (QED) is 0.599. The van der Waals surface area contributed by atoms with Crippen molar-refractivity contribution in [3.63, 3.8) is 0 Å². The monoisotopic (exact) mass is 299 g/mol. The lowest BCUT2D eigenvalue weighted by molar-refractivity contribution is 0.116. The molecule has 1 aliphatic heterocycles. The number of hydrogen-bond acceptors (Lipinski definition) is 3. The van der Waals surface area contributed by atoms with Crippen molar-refractivity contribution in [2.24, 2.45) is 11.8 Å². The lowest BCUT2D eigenvalue weighted by Gasteiger charge is -2.30. The highest BCUT2D eigenvalue weighted by molar-refractivity contribution is 5.73. The molecule has 2 amide bonds. The number of likely N-dealkylation sites (tertiary alicyclic amines) is 1. The first-order valence-corrected chi connectivity index (χ1v) is 8.41. The van der Waals surface area contributed by atoms with Crippen LogP contribution in [0.25, 0.3) is 0 Å². The predicted molar refractivity (Wildman–Crippen MR) is 86.3 cm³/mol. The molecule has 5 heteroatoms. The van der Waals surface area contributed by atoms with Gasteiger partial charge in [0.25, 0.3) is 0 Å². The molecule has 0 aromatic carbocycles. The summed E-state index contributed by atoms with van der Waals surface area (Å²) in [6.07, 6.45) is 3.86. The van der Waals surface area contributed by atoms with Crippen molar-refractivity contribution in [1.82, 2.24) is 15.5 Å². The summed E-state index contributed by atoms with van der Waals surface area (Å²) in [4.78, 5) is 14.1. The number of nitrogens with zero attached hydrogens (tertiary/aromatic N) is 1. The van der Waals surface area contributed by atoms with Gasteiger partial charge in [-0.15, -0.1) is 0 Å². The Balaban J connectivity index is 1.96. The van der Waals surface area contributed by atoms with Crippen LogP contribution in [0.1, 0.15) is 46.5 Å². The molecule has 5 nitrogen and oxygen atoms in total. The van der Waals surface area contributed by atoms with Crippen molar-refractivity contribution in [1.29, 1.82) is 0 Å². The first kappa shape index (κ1) is 18.2. The standard InChI is InChI=1S/C16H33N3O2/c1-13(2)15(20)5-9-18-16(21)17-8-4-10-19-11-6-14(3)7-12-19/h13-15,20H,4-12H2,1-3H3,(H2,17,18,21). The van der Waals surface area contributed by atoms with Crippen molar-refractivity contribution in [3.05, 3.63) is 0 Å². The topological polar surface area (TPSA) is 64.6 Å². The van der Waals surface area contributed by atoms with Gasteiger partial charge in [0.15, 0.2) is 0 Å². The number of aliphatic hydroxyl groups excluding tert-OH is 1. The van der Waals surface area contributed by atoms with Crippen LogP contribution in [0.3, 0.4) is 0 Å². The Morgan fingerprint density at radius 2 is 1.86 bits per heavy atom. The molecule has 0 aromatic heterocycles. The van der Waals surface area contributed by atoms with Crippen molar-refractivity contribution >= 4 is 6.03 Å². The number of aliphatic hydroxyl groups is 1. The number of carbonyl (C=O) groups is 1. The fraction of sp³-hybridized carbons (Fsp3) is 0.938. The average Bonchev–Trinajstić information content (AvgIpc) is 2.45. The number of carbonyl (C=O) groups excluding carboxylic acids is 1. The third kappa shape index (κ3) is 8.27. The first-order valence-electron chi connectivity index (χ1n) is 8.41. The maximum absolute atomic E-state index is 11.6. The van der Waals surface area contributed by atoms with Crippen LogP contribution in [0, 0.1) is 11.8 Å². The molecule has 0 saturated carbocycles. The molecular weight excluding hydrogens is 266 g/mol. The number of hydrogen-bond donors (Lipinski definition) is 3. The fourth-order valence-corrected chi connectivity index (χ4v) is 2.52. The Bertz CT molecular complexity index is 289. The van der Waals surface area contributed by atoms with Gasteiger partial charge >= 0.3 is 6.03 Å². The molecule has 0 bridgehead atoms. The second kappa shape index (κ2) is 10.0. The minimum absolute atomic E-state index is 0.127. The average molecular weight is 299 g/mol. The lowest BCUT2D eigenvalue weighted by atomic mass is 9.99. The molecule has 1 unspecified atom stereocenters. The summed E-state index contributed by atoms with van der Waals surface area (Å²) in [5, 5.41) is 15.3. The SMILES string of the molecule is CC1CCN(CCCNC(=O)NCCC(O)C(C)C)CC1. The van der Waals surface area contributed by atoms with Crippen LogP contribution >= 0.6 is 0 Å². The summed E-state index contributed by atoms with van der Waals surface area (Å²) in [5.74, 6) is 1.11. The smallest absolute Gasteiger partial charge is 0.314 e. The van der Waals surface area contributed by atoms with E-state index in [4.69, 9.17) is 0 Å². The zero-order chi connectivity index (χ0) is 15.7. The molecule has 1 saturated heterocycles. The second-order valence-corrected chi connectivity index (χ2v) is 6.66. The number of amides is 2. The van der Waals surface area contributed by atoms with E-state index in [1.54, 1.807) is 0 Å². The van der Waals surface area contributed by atoms with Gasteiger partial charge in [-0.2, -0.15) is 0 Å².